The Kier molecular flexibility index (Phi) is 6.58. The van der Waals surface area contributed by atoms with Crippen LogP contribution in [0.1, 0.15) is 29.7 Å². The van der Waals surface area contributed by atoms with Gasteiger partial charge in [-0.25, -0.2) is 0 Å². The molecule has 3 nitrogen and oxygen atoms in total. The van der Waals surface area contributed by atoms with Crippen LogP contribution in [0.2, 0.25) is 0 Å². The van der Waals surface area contributed by atoms with Gasteiger partial charge < -0.3 is 5.73 Å². The number of allylic oxidation sites excluding steroid dienone is 2. The van der Waals surface area contributed by atoms with Crippen molar-refractivity contribution < 1.29 is 4.79 Å². The van der Waals surface area contributed by atoms with E-state index >= 15 is 0 Å². The van der Waals surface area contributed by atoms with Crippen LogP contribution >= 0.6 is 11.3 Å². The zero-order valence-corrected chi connectivity index (χ0v) is 13.3. The number of nitrogens with two attached hydrogens (primary N) is 1. The zero-order valence-electron chi connectivity index (χ0n) is 12.4. The monoisotopic (exact) mass is 312 g/mol. The highest BCUT2D eigenvalue weighted by Crippen LogP contribution is 2.13. The fourth-order valence-electron chi connectivity index (χ4n) is 2.12. The summed E-state index contributed by atoms with van der Waals surface area (Å²) in [6.07, 6.45) is 13.0. The van der Waals surface area contributed by atoms with Crippen LogP contribution in [-0.4, -0.2) is 10.9 Å². The van der Waals surface area contributed by atoms with Crippen molar-refractivity contribution >= 4 is 23.3 Å². The molecule has 0 aromatic carbocycles. The molecule has 0 aliphatic carbocycles. The topological polar surface area (TPSA) is 56.0 Å². The number of hydrogen-bond acceptors (Lipinski definition) is 3. The van der Waals surface area contributed by atoms with Gasteiger partial charge in [0.1, 0.15) is 0 Å². The van der Waals surface area contributed by atoms with E-state index in [4.69, 9.17) is 5.73 Å². The summed E-state index contributed by atoms with van der Waals surface area (Å²) in [6.45, 7) is 0. The van der Waals surface area contributed by atoms with Gasteiger partial charge in [0.2, 0.25) is 5.91 Å². The Morgan fingerprint density at radius 2 is 2.18 bits per heavy atom. The number of aromatic nitrogens is 1. The summed E-state index contributed by atoms with van der Waals surface area (Å²) in [6, 6.07) is 8.05. The fraction of sp³-hybridized carbons (Fsp3) is 0.222. The first-order valence-corrected chi connectivity index (χ1v) is 8.23. The summed E-state index contributed by atoms with van der Waals surface area (Å²) in [5, 5.41) is 2.02. The first-order chi connectivity index (χ1) is 10.8. The van der Waals surface area contributed by atoms with Crippen LogP contribution in [0.3, 0.4) is 0 Å². The van der Waals surface area contributed by atoms with Gasteiger partial charge in [0, 0.05) is 22.8 Å². The Morgan fingerprint density at radius 1 is 1.27 bits per heavy atom. The maximum atomic E-state index is 11.5. The number of aryl methyl sites for hydroxylation is 1. The average molecular weight is 312 g/mol. The summed E-state index contributed by atoms with van der Waals surface area (Å²) in [5.74, 6) is -0.336. The van der Waals surface area contributed by atoms with Crippen LogP contribution in [0.15, 0.2) is 59.8 Å². The Labute approximate surface area is 135 Å². The molecule has 0 saturated carbocycles. The van der Waals surface area contributed by atoms with Crippen LogP contribution in [0.25, 0.3) is 6.08 Å². The van der Waals surface area contributed by atoms with Crippen molar-refractivity contribution in [1.29, 1.82) is 0 Å². The number of amides is 1. The van der Waals surface area contributed by atoms with E-state index in [1.165, 1.54) is 5.56 Å². The molecule has 0 unspecified atom stereocenters. The van der Waals surface area contributed by atoms with Gasteiger partial charge in [-0.1, -0.05) is 24.3 Å². The van der Waals surface area contributed by atoms with Crippen molar-refractivity contribution in [3.05, 3.63) is 70.2 Å². The molecular formula is C18H20N2OS. The maximum Gasteiger partial charge on any atom is 0.244 e. The van der Waals surface area contributed by atoms with E-state index in [1.54, 1.807) is 17.5 Å². The molecule has 0 fully saturated rings. The van der Waals surface area contributed by atoms with Crippen molar-refractivity contribution in [3.8, 4) is 0 Å². The lowest BCUT2D eigenvalue weighted by Gasteiger charge is -2.03. The molecule has 0 aliphatic rings. The third-order valence-electron chi connectivity index (χ3n) is 3.30. The number of rotatable bonds is 8. The second kappa shape index (κ2) is 8.95. The quantitative estimate of drug-likeness (QED) is 0.455. The lowest BCUT2D eigenvalue weighted by atomic mass is 10.0. The minimum absolute atomic E-state index is 0.336. The van der Waals surface area contributed by atoms with Crippen molar-refractivity contribution in [1.82, 2.24) is 4.98 Å². The smallest absolute Gasteiger partial charge is 0.244 e. The van der Waals surface area contributed by atoms with Gasteiger partial charge in [-0.2, -0.15) is 0 Å². The second-order valence-corrected chi connectivity index (χ2v) is 5.98. The molecule has 0 atom stereocenters. The molecule has 2 rings (SSSR count). The van der Waals surface area contributed by atoms with Gasteiger partial charge in [-0.3, -0.25) is 9.78 Å². The van der Waals surface area contributed by atoms with E-state index in [1.807, 2.05) is 48.0 Å². The SMILES string of the molecule is NC(=O)C(=CC=Cc1cccs1)CCCCc1cccnc1. The highest BCUT2D eigenvalue weighted by Gasteiger charge is 2.03. The second-order valence-electron chi connectivity index (χ2n) is 5.00. The molecule has 4 heteroatoms. The molecule has 2 aromatic heterocycles. The molecule has 0 aliphatic heterocycles. The summed E-state index contributed by atoms with van der Waals surface area (Å²) in [4.78, 5) is 16.7. The van der Waals surface area contributed by atoms with Crippen molar-refractivity contribution in [2.45, 2.75) is 25.7 Å². The summed E-state index contributed by atoms with van der Waals surface area (Å²) in [7, 11) is 0. The number of nitrogens with zero attached hydrogens (tertiary/aromatic N) is 1. The number of hydrogen-bond donors (Lipinski definition) is 1. The predicted molar refractivity (Wildman–Crippen MR) is 92.4 cm³/mol. The number of carbonyl (C=O) groups is 1. The largest absolute Gasteiger partial charge is 0.366 e. The van der Waals surface area contributed by atoms with Crippen molar-refractivity contribution in [2.75, 3.05) is 0 Å². The highest BCUT2D eigenvalue weighted by atomic mass is 32.1. The van der Waals surface area contributed by atoms with Gasteiger partial charge in [0.05, 0.1) is 0 Å². The van der Waals surface area contributed by atoms with Gasteiger partial charge in [-0.15, -0.1) is 11.3 Å². The maximum absolute atomic E-state index is 11.5. The highest BCUT2D eigenvalue weighted by molar-refractivity contribution is 7.10. The third kappa shape index (κ3) is 5.66. The summed E-state index contributed by atoms with van der Waals surface area (Å²) < 4.78 is 0. The summed E-state index contributed by atoms with van der Waals surface area (Å²) >= 11 is 1.66. The predicted octanol–water partition coefficient (Wildman–Crippen LogP) is 3.98. The molecule has 22 heavy (non-hydrogen) atoms. The molecule has 114 valence electrons. The van der Waals surface area contributed by atoms with E-state index in [0.717, 1.165) is 24.1 Å². The summed E-state index contributed by atoms with van der Waals surface area (Å²) in [5.41, 5.74) is 7.35. The molecule has 0 spiro atoms. The minimum Gasteiger partial charge on any atom is -0.366 e. The van der Waals surface area contributed by atoms with Gasteiger partial charge in [0.25, 0.3) is 0 Å². The van der Waals surface area contributed by atoms with Gasteiger partial charge in [0.15, 0.2) is 0 Å². The Hall–Kier alpha value is -2.20. The standard InChI is InChI=1S/C18H20N2OS/c19-18(21)16(9-3-10-17-11-5-13-22-17)8-2-1-6-15-7-4-12-20-14-15/h3-5,7,9-14H,1-2,6,8H2,(H2,19,21). The van der Waals surface area contributed by atoms with Crippen molar-refractivity contribution in [3.63, 3.8) is 0 Å². The van der Waals surface area contributed by atoms with Crippen LogP contribution in [-0.2, 0) is 11.2 Å². The van der Waals surface area contributed by atoms with Crippen LogP contribution < -0.4 is 5.73 Å². The molecule has 2 N–H and O–H groups in total. The van der Waals surface area contributed by atoms with Crippen LogP contribution in [0, 0.1) is 0 Å². The Bertz CT molecular complexity index is 630. The Morgan fingerprint density at radius 3 is 2.86 bits per heavy atom. The molecule has 2 aromatic rings. The number of primary amides is 1. The van der Waals surface area contributed by atoms with Gasteiger partial charge >= 0.3 is 0 Å². The first-order valence-electron chi connectivity index (χ1n) is 7.35. The van der Waals surface area contributed by atoms with E-state index in [9.17, 15) is 4.79 Å². The van der Waals surface area contributed by atoms with E-state index in [2.05, 4.69) is 11.1 Å². The van der Waals surface area contributed by atoms with E-state index < -0.39 is 0 Å². The van der Waals surface area contributed by atoms with Crippen LogP contribution in [0.5, 0.6) is 0 Å². The molecule has 2 heterocycles. The van der Waals surface area contributed by atoms with Crippen LogP contribution in [0.4, 0.5) is 0 Å². The average Bonchev–Trinajstić information content (AvgIpc) is 3.03. The minimum atomic E-state index is -0.336. The normalized spacial score (nSPS) is 11.9. The number of thiophene rings is 1. The lowest BCUT2D eigenvalue weighted by molar-refractivity contribution is -0.114. The zero-order chi connectivity index (χ0) is 15.6. The van der Waals surface area contributed by atoms with Gasteiger partial charge in [-0.05, 0) is 54.8 Å². The molecule has 0 radical (unpaired) electrons. The molecule has 1 amide bonds. The van der Waals surface area contributed by atoms with E-state index in [0.29, 0.717) is 12.0 Å². The van der Waals surface area contributed by atoms with E-state index in [-0.39, 0.29) is 5.91 Å². The lowest BCUT2D eigenvalue weighted by Crippen LogP contribution is -2.13. The number of unbranched alkanes of at least 4 members (excludes halogenated alkanes) is 1. The van der Waals surface area contributed by atoms with Crippen molar-refractivity contribution in [2.24, 2.45) is 5.73 Å². The molecule has 0 bridgehead atoms. The first kappa shape index (κ1) is 16.2. The molecule has 0 saturated heterocycles. The third-order valence-corrected chi connectivity index (χ3v) is 4.14. The molecular weight excluding hydrogens is 292 g/mol. The Balaban J connectivity index is 1.80. The number of carbonyl (C=O) groups excluding carboxylic acids is 1. The number of pyridine rings is 1. The fourth-order valence-corrected chi connectivity index (χ4v) is 2.75.